The lowest BCUT2D eigenvalue weighted by Gasteiger charge is -2.29. The Morgan fingerprint density at radius 1 is 1.06 bits per heavy atom. The molecule has 3 aromatic rings. The minimum absolute atomic E-state index is 0.250. The number of nitrogens with one attached hydrogen (secondary N) is 2. The van der Waals surface area contributed by atoms with Crippen LogP contribution in [0.25, 0.3) is 0 Å². The van der Waals surface area contributed by atoms with Crippen LogP contribution in [0.1, 0.15) is 24.1 Å². The van der Waals surface area contributed by atoms with Gasteiger partial charge in [-0.3, -0.25) is 4.79 Å². The number of fused-ring (bicyclic) bond motifs is 1. The van der Waals surface area contributed by atoms with E-state index in [2.05, 4.69) is 20.7 Å². The van der Waals surface area contributed by atoms with Gasteiger partial charge in [-0.1, -0.05) is 12.1 Å². The molecule has 1 aromatic heterocycles. The molecule has 1 aliphatic heterocycles. The second-order valence-electron chi connectivity index (χ2n) is 7.38. The first-order valence-electron chi connectivity index (χ1n) is 10.0. The zero-order valence-electron chi connectivity index (χ0n) is 18.6. The van der Waals surface area contributed by atoms with Crippen molar-refractivity contribution >= 4 is 17.5 Å². The van der Waals surface area contributed by atoms with E-state index < -0.39 is 6.04 Å². The normalized spacial score (nSPS) is 15.0. The number of methoxy groups -OCH3 is 3. The molecule has 1 atom stereocenters. The summed E-state index contributed by atoms with van der Waals surface area (Å²) in [4.78, 5) is 17.8. The van der Waals surface area contributed by atoms with Crippen molar-refractivity contribution < 1.29 is 19.0 Å². The molecule has 0 saturated carbocycles. The van der Waals surface area contributed by atoms with Crippen LogP contribution >= 0.6 is 0 Å². The van der Waals surface area contributed by atoms with Crippen molar-refractivity contribution in [3.05, 3.63) is 65.1 Å². The Balaban J connectivity index is 1.83. The zero-order valence-corrected chi connectivity index (χ0v) is 18.6. The Bertz CT molecular complexity index is 1180. The van der Waals surface area contributed by atoms with Gasteiger partial charge < -0.3 is 24.8 Å². The number of hydrogen-bond donors (Lipinski definition) is 2. The second-order valence-corrected chi connectivity index (χ2v) is 7.38. The van der Waals surface area contributed by atoms with Gasteiger partial charge in [-0.25, -0.2) is 4.68 Å². The summed E-state index contributed by atoms with van der Waals surface area (Å²) in [6, 6.07) is 10.7. The third kappa shape index (κ3) is 3.73. The molecule has 0 saturated heterocycles. The van der Waals surface area contributed by atoms with E-state index in [1.54, 1.807) is 26.0 Å². The van der Waals surface area contributed by atoms with Crippen LogP contribution in [0.4, 0.5) is 11.6 Å². The number of aromatic nitrogens is 3. The van der Waals surface area contributed by atoms with Crippen molar-refractivity contribution in [1.29, 1.82) is 0 Å². The summed E-state index contributed by atoms with van der Waals surface area (Å²) in [5.41, 5.74) is 3.67. The maximum atomic E-state index is 13.5. The molecule has 0 bridgehead atoms. The lowest BCUT2D eigenvalue weighted by Crippen LogP contribution is -2.31. The first-order valence-corrected chi connectivity index (χ1v) is 10.0. The molecule has 166 valence electrons. The van der Waals surface area contributed by atoms with Gasteiger partial charge in [-0.15, -0.1) is 0 Å². The van der Waals surface area contributed by atoms with Crippen LogP contribution in [-0.4, -0.2) is 42.0 Å². The Labute approximate surface area is 186 Å². The zero-order chi connectivity index (χ0) is 22.8. The van der Waals surface area contributed by atoms with E-state index in [1.807, 2.05) is 50.2 Å². The number of ether oxygens (including phenoxy) is 3. The molecule has 1 aliphatic rings. The van der Waals surface area contributed by atoms with E-state index in [0.717, 1.165) is 11.1 Å². The highest BCUT2D eigenvalue weighted by molar-refractivity contribution is 6.06. The summed E-state index contributed by atoms with van der Waals surface area (Å²) >= 11 is 0. The van der Waals surface area contributed by atoms with Gasteiger partial charge in [0.15, 0.2) is 11.5 Å². The highest BCUT2D eigenvalue weighted by Gasteiger charge is 2.34. The molecule has 0 radical (unpaired) electrons. The third-order valence-corrected chi connectivity index (χ3v) is 5.32. The number of carbonyl (C=O) groups excluding carboxylic acids is 1. The first-order chi connectivity index (χ1) is 15.5. The Morgan fingerprint density at radius 2 is 1.78 bits per heavy atom. The van der Waals surface area contributed by atoms with Gasteiger partial charge >= 0.3 is 0 Å². The summed E-state index contributed by atoms with van der Waals surface area (Å²) in [5, 5.41) is 10.5. The number of benzene rings is 2. The standard InChI is InChI=1S/C23H25N5O4/c1-13-7-6-8-16(9-13)27-22(29)19-14(2)26-23-24-12-25-28(23)20(19)15-10-17(30-3)21(32-5)18(11-15)31-4/h6-12,20H,1-5H3,(H,27,29)(H,24,25,26). The molecular weight excluding hydrogens is 410 g/mol. The minimum Gasteiger partial charge on any atom is -0.493 e. The fraction of sp³-hybridized carbons (Fsp3) is 0.261. The predicted molar refractivity (Wildman–Crippen MR) is 120 cm³/mol. The molecule has 0 aliphatic carbocycles. The monoisotopic (exact) mass is 435 g/mol. The summed E-state index contributed by atoms with van der Waals surface area (Å²) in [6.45, 7) is 3.82. The van der Waals surface area contributed by atoms with Crippen LogP contribution in [0.5, 0.6) is 17.2 Å². The Kier molecular flexibility index (Phi) is 5.72. The molecule has 32 heavy (non-hydrogen) atoms. The van der Waals surface area contributed by atoms with E-state index in [0.29, 0.717) is 40.2 Å². The van der Waals surface area contributed by atoms with Crippen molar-refractivity contribution in [2.45, 2.75) is 19.9 Å². The van der Waals surface area contributed by atoms with Crippen molar-refractivity contribution in [2.75, 3.05) is 32.0 Å². The smallest absolute Gasteiger partial charge is 0.255 e. The van der Waals surface area contributed by atoms with E-state index in [-0.39, 0.29) is 5.91 Å². The fourth-order valence-corrected chi connectivity index (χ4v) is 3.87. The van der Waals surface area contributed by atoms with Crippen LogP contribution in [0.3, 0.4) is 0 Å². The van der Waals surface area contributed by atoms with E-state index in [4.69, 9.17) is 14.2 Å². The predicted octanol–water partition coefficient (Wildman–Crippen LogP) is 3.54. The third-order valence-electron chi connectivity index (χ3n) is 5.32. The van der Waals surface area contributed by atoms with Gasteiger partial charge in [-0.2, -0.15) is 10.1 Å². The summed E-state index contributed by atoms with van der Waals surface area (Å²) in [6.07, 6.45) is 1.45. The second kappa shape index (κ2) is 8.62. The van der Waals surface area contributed by atoms with Crippen LogP contribution < -0.4 is 24.8 Å². The topological polar surface area (TPSA) is 99.5 Å². The molecule has 2 heterocycles. The van der Waals surface area contributed by atoms with Crippen LogP contribution in [-0.2, 0) is 4.79 Å². The van der Waals surface area contributed by atoms with Crippen LogP contribution in [0.2, 0.25) is 0 Å². The van der Waals surface area contributed by atoms with Gasteiger partial charge in [0, 0.05) is 11.4 Å². The maximum absolute atomic E-state index is 13.5. The van der Waals surface area contributed by atoms with Crippen molar-refractivity contribution in [2.24, 2.45) is 0 Å². The van der Waals surface area contributed by atoms with Gasteiger partial charge in [0.25, 0.3) is 5.91 Å². The number of nitrogens with zero attached hydrogens (tertiary/aromatic N) is 3. The van der Waals surface area contributed by atoms with Crippen molar-refractivity contribution in [3.8, 4) is 17.2 Å². The highest BCUT2D eigenvalue weighted by Crippen LogP contribution is 2.43. The van der Waals surface area contributed by atoms with E-state index >= 15 is 0 Å². The molecule has 9 heteroatoms. The Morgan fingerprint density at radius 3 is 2.41 bits per heavy atom. The molecule has 1 amide bonds. The number of carbonyl (C=O) groups is 1. The molecular formula is C23H25N5O4. The average molecular weight is 435 g/mol. The number of allylic oxidation sites excluding steroid dienone is 1. The maximum Gasteiger partial charge on any atom is 0.255 e. The molecule has 0 spiro atoms. The molecule has 2 N–H and O–H groups in total. The molecule has 0 fully saturated rings. The quantitative estimate of drug-likeness (QED) is 0.611. The highest BCUT2D eigenvalue weighted by atomic mass is 16.5. The molecule has 2 aromatic carbocycles. The summed E-state index contributed by atoms with van der Waals surface area (Å²) in [7, 11) is 4.65. The van der Waals surface area contributed by atoms with Gasteiger partial charge in [0.05, 0.1) is 26.9 Å². The largest absolute Gasteiger partial charge is 0.493 e. The number of rotatable bonds is 6. The molecule has 4 rings (SSSR count). The molecule has 1 unspecified atom stereocenters. The number of anilines is 2. The summed E-state index contributed by atoms with van der Waals surface area (Å²) < 4.78 is 18.2. The van der Waals surface area contributed by atoms with Gasteiger partial charge in [0.2, 0.25) is 11.7 Å². The minimum atomic E-state index is -0.563. The van der Waals surface area contributed by atoms with Gasteiger partial charge in [0.1, 0.15) is 12.4 Å². The molecule has 9 nitrogen and oxygen atoms in total. The lowest BCUT2D eigenvalue weighted by molar-refractivity contribution is -0.113. The fourth-order valence-electron chi connectivity index (χ4n) is 3.87. The average Bonchev–Trinajstić information content (AvgIpc) is 3.24. The van der Waals surface area contributed by atoms with Crippen LogP contribution in [0.15, 0.2) is 54.0 Å². The first kappa shape index (κ1) is 21.2. The summed E-state index contributed by atoms with van der Waals surface area (Å²) in [5.74, 6) is 1.73. The lowest BCUT2D eigenvalue weighted by atomic mass is 9.94. The van der Waals surface area contributed by atoms with E-state index in [1.165, 1.54) is 6.33 Å². The van der Waals surface area contributed by atoms with Crippen molar-refractivity contribution in [3.63, 3.8) is 0 Å². The number of amides is 1. The number of hydrogen-bond acceptors (Lipinski definition) is 7. The van der Waals surface area contributed by atoms with Gasteiger partial charge in [-0.05, 0) is 49.2 Å². The Hall–Kier alpha value is -4.01. The van der Waals surface area contributed by atoms with Crippen molar-refractivity contribution in [1.82, 2.24) is 14.8 Å². The van der Waals surface area contributed by atoms with E-state index in [9.17, 15) is 4.79 Å². The SMILES string of the molecule is COc1cc(C2C(C(=O)Nc3cccc(C)c3)=C(C)Nc3ncnn32)cc(OC)c1OC. The van der Waals surface area contributed by atoms with Crippen LogP contribution in [0, 0.1) is 6.92 Å². The number of aryl methyl sites for hydroxylation is 1.